The number of nitrogens with one attached hydrogen (secondary N) is 2. The first-order valence-electron chi connectivity index (χ1n) is 7.97. The lowest BCUT2D eigenvalue weighted by Crippen LogP contribution is -2.23. The van der Waals surface area contributed by atoms with E-state index in [1.807, 2.05) is 49.4 Å². The summed E-state index contributed by atoms with van der Waals surface area (Å²) in [6, 6.07) is 16.7. The summed E-state index contributed by atoms with van der Waals surface area (Å²) in [4.78, 5) is 12.3. The molecule has 0 atom stereocenters. The van der Waals surface area contributed by atoms with Crippen molar-refractivity contribution in [3.63, 3.8) is 0 Å². The summed E-state index contributed by atoms with van der Waals surface area (Å²) in [6.07, 6.45) is 0. The lowest BCUT2D eigenvalue weighted by atomic mass is 10.1. The van der Waals surface area contributed by atoms with Gasteiger partial charge >= 0.3 is 0 Å². The van der Waals surface area contributed by atoms with Crippen molar-refractivity contribution < 1.29 is 9.53 Å². The van der Waals surface area contributed by atoms with Gasteiger partial charge in [0.15, 0.2) is 0 Å². The molecule has 0 fully saturated rings. The van der Waals surface area contributed by atoms with Crippen LogP contribution in [0.4, 0.5) is 0 Å². The Morgan fingerprint density at radius 3 is 2.68 bits per heavy atom. The van der Waals surface area contributed by atoms with Gasteiger partial charge in [-0.2, -0.15) is 5.10 Å². The van der Waals surface area contributed by atoms with Gasteiger partial charge in [0.1, 0.15) is 11.4 Å². The van der Waals surface area contributed by atoms with Crippen molar-refractivity contribution in [2.45, 2.75) is 13.5 Å². The smallest absolute Gasteiger partial charge is 0.269 e. The number of amides is 1. The summed E-state index contributed by atoms with van der Waals surface area (Å²) in [6.45, 7) is 2.99. The molecule has 5 nitrogen and oxygen atoms in total. The van der Waals surface area contributed by atoms with Crippen LogP contribution < -0.4 is 10.1 Å². The summed E-state index contributed by atoms with van der Waals surface area (Å²) in [5.41, 5.74) is 2.80. The van der Waals surface area contributed by atoms with E-state index in [1.165, 1.54) is 0 Å². The third-order valence-corrected chi connectivity index (χ3v) is 3.99. The third kappa shape index (κ3) is 4.19. The van der Waals surface area contributed by atoms with E-state index in [1.54, 1.807) is 12.1 Å². The number of carbonyl (C=O) groups is 1. The van der Waals surface area contributed by atoms with E-state index in [9.17, 15) is 4.79 Å². The highest BCUT2D eigenvalue weighted by molar-refractivity contribution is 6.33. The maximum Gasteiger partial charge on any atom is 0.269 e. The van der Waals surface area contributed by atoms with E-state index < -0.39 is 0 Å². The van der Waals surface area contributed by atoms with Crippen LogP contribution in [-0.2, 0) is 6.54 Å². The Hall–Kier alpha value is -2.79. The SMILES string of the molecule is CCOc1ccc(CNC(=O)c2cc(-c3ccccc3Cl)n[nH]2)cc1. The Morgan fingerprint density at radius 2 is 1.96 bits per heavy atom. The molecule has 3 aromatic rings. The first-order valence-corrected chi connectivity index (χ1v) is 8.35. The minimum atomic E-state index is -0.223. The van der Waals surface area contributed by atoms with Gasteiger partial charge in [-0.05, 0) is 36.8 Å². The predicted octanol–water partition coefficient (Wildman–Crippen LogP) is 4.06. The highest BCUT2D eigenvalue weighted by atomic mass is 35.5. The van der Waals surface area contributed by atoms with E-state index >= 15 is 0 Å². The first-order chi connectivity index (χ1) is 12.2. The first kappa shape index (κ1) is 17.0. The summed E-state index contributed by atoms with van der Waals surface area (Å²) in [7, 11) is 0. The number of hydrogen-bond donors (Lipinski definition) is 2. The molecular formula is C19H18ClN3O2. The molecule has 0 saturated carbocycles. The molecule has 6 heteroatoms. The molecule has 0 bridgehead atoms. The van der Waals surface area contributed by atoms with Gasteiger partial charge in [0.05, 0.1) is 17.3 Å². The van der Waals surface area contributed by atoms with Crippen LogP contribution in [-0.4, -0.2) is 22.7 Å². The summed E-state index contributed by atoms with van der Waals surface area (Å²) < 4.78 is 5.40. The second kappa shape index (κ2) is 7.85. The second-order valence-corrected chi connectivity index (χ2v) is 5.81. The molecule has 2 aromatic carbocycles. The number of hydrogen-bond acceptors (Lipinski definition) is 3. The third-order valence-electron chi connectivity index (χ3n) is 3.66. The Labute approximate surface area is 151 Å². The number of ether oxygens (including phenoxy) is 1. The molecule has 1 heterocycles. The standard InChI is InChI=1S/C19H18ClN3O2/c1-2-25-14-9-7-13(8-10-14)12-21-19(24)18-11-17(22-23-18)15-5-3-4-6-16(15)20/h3-11H,2,12H2,1H3,(H,21,24)(H,22,23). The monoisotopic (exact) mass is 355 g/mol. The number of aromatic amines is 1. The predicted molar refractivity (Wildman–Crippen MR) is 97.8 cm³/mol. The van der Waals surface area contributed by atoms with Gasteiger partial charge < -0.3 is 10.1 Å². The summed E-state index contributed by atoms with van der Waals surface area (Å²) in [5, 5.41) is 10.4. The quantitative estimate of drug-likeness (QED) is 0.700. The van der Waals surface area contributed by atoms with Crippen molar-refractivity contribution >= 4 is 17.5 Å². The Bertz CT molecular complexity index is 859. The van der Waals surface area contributed by atoms with Crippen molar-refractivity contribution in [3.05, 3.63) is 70.9 Å². The second-order valence-electron chi connectivity index (χ2n) is 5.41. The zero-order chi connectivity index (χ0) is 17.6. The number of benzene rings is 2. The van der Waals surface area contributed by atoms with Gasteiger partial charge in [-0.25, -0.2) is 0 Å². The van der Waals surface area contributed by atoms with E-state index in [-0.39, 0.29) is 5.91 Å². The van der Waals surface area contributed by atoms with Crippen LogP contribution in [0.25, 0.3) is 11.3 Å². The van der Waals surface area contributed by atoms with E-state index in [2.05, 4.69) is 15.5 Å². The fourth-order valence-electron chi connectivity index (χ4n) is 2.39. The van der Waals surface area contributed by atoms with Crippen LogP contribution in [0.15, 0.2) is 54.6 Å². The van der Waals surface area contributed by atoms with Crippen molar-refractivity contribution in [3.8, 4) is 17.0 Å². The average Bonchev–Trinajstić information content (AvgIpc) is 3.11. The Morgan fingerprint density at radius 1 is 1.20 bits per heavy atom. The summed E-state index contributed by atoms with van der Waals surface area (Å²) in [5.74, 6) is 0.593. The Kier molecular flexibility index (Phi) is 5.36. The number of aromatic nitrogens is 2. The topological polar surface area (TPSA) is 67.0 Å². The molecule has 3 rings (SSSR count). The molecule has 0 aliphatic rings. The normalized spacial score (nSPS) is 10.5. The lowest BCUT2D eigenvalue weighted by molar-refractivity contribution is 0.0946. The van der Waals surface area contributed by atoms with Gasteiger partial charge in [0.2, 0.25) is 0 Å². The molecular weight excluding hydrogens is 338 g/mol. The fraction of sp³-hybridized carbons (Fsp3) is 0.158. The minimum Gasteiger partial charge on any atom is -0.494 e. The minimum absolute atomic E-state index is 0.223. The lowest BCUT2D eigenvalue weighted by Gasteiger charge is -2.06. The van der Waals surface area contributed by atoms with Crippen molar-refractivity contribution in [1.29, 1.82) is 0 Å². The zero-order valence-corrected chi connectivity index (χ0v) is 14.5. The number of carbonyl (C=O) groups excluding carboxylic acids is 1. The van der Waals surface area contributed by atoms with Crippen molar-refractivity contribution in [2.75, 3.05) is 6.61 Å². The van der Waals surface area contributed by atoms with E-state index in [0.717, 1.165) is 16.9 Å². The van der Waals surface area contributed by atoms with Crippen molar-refractivity contribution in [1.82, 2.24) is 15.5 Å². The molecule has 2 N–H and O–H groups in total. The Balaban J connectivity index is 1.63. The highest BCUT2D eigenvalue weighted by Gasteiger charge is 2.12. The van der Waals surface area contributed by atoms with E-state index in [0.29, 0.717) is 29.6 Å². The van der Waals surface area contributed by atoms with Crippen LogP contribution in [0.5, 0.6) is 5.75 Å². The van der Waals surface area contributed by atoms with Crippen LogP contribution in [0.3, 0.4) is 0 Å². The van der Waals surface area contributed by atoms with Gasteiger partial charge in [-0.1, -0.05) is 41.9 Å². The molecule has 0 saturated heterocycles. The number of nitrogens with zero attached hydrogens (tertiary/aromatic N) is 1. The molecule has 0 radical (unpaired) electrons. The number of H-pyrrole nitrogens is 1. The molecule has 0 unspecified atom stereocenters. The maximum atomic E-state index is 12.3. The van der Waals surface area contributed by atoms with Crippen molar-refractivity contribution in [2.24, 2.45) is 0 Å². The van der Waals surface area contributed by atoms with Gasteiger partial charge in [0, 0.05) is 12.1 Å². The molecule has 25 heavy (non-hydrogen) atoms. The number of rotatable bonds is 6. The summed E-state index contributed by atoms with van der Waals surface area (Å²) >= 11 is 6.16. The van der Waals surface area contributed by atoms with Crippen LogP contribution in [0, 0.1) is 0 Å². The van der Waals surface area contributed by atoms with Gasteiger partial charge in [0.25, 0.3) is 5.91 Å². The number of halogens is 1. The molecule has 0 aliphatic carbocycles. The van der Waals surface area contributed by atoms with Gasteiger partial charge in [-0.3, -0.25) is 9.89 Å². The highest BCUT2D eigenvalue weighted by Crippen LogP contribution is 2.26. The molecule has 128 valence electrons. The molecule has 1 amide bonds. The van der Waals surface area contributed by atoms with E-state index in [4.69, 9.17) is 16.3 Å². The van der Waals surface area contributed by atoms with Gasteiger partial charge in [-0.15, -0.1) is 0 Å². The maximum absolute atomic E-state index is 12.3. The molecule has 1 aromatic heterocycles. The molecule has 0 aliphatic heterocycles. The molecule has 0 spiro atoms. The van der Waals surface area contributed by atoms with Crippen LogP contribution in [0.2, 0.25) is 5.02 Å². The van der Waals surface area contributed by atoms with Crippen LogP contribution in [0.1, 0.15) is 23.0 Å². The fourth-order valence-corrected chi connectivity index (χ4v) is 2.63. The largest absolute Gasteiger partial charge is 0.494 e. The zero-order valence-electron chi connectivity index (χ0n) is 13.8. The van der Waals surface area contributed by atoms with Crippen LogP contribution >= 0.6 is 11.6 Å². The average molecular weight is 356 g/mol.